The Morgan fingerprint density at radius 2 is 2.17 bits per heavy atom. The average Bonchev–Trinajstić information content (AvgIpc) is 2.91. The summed E-state index contributed by atoms with van der Waals surface area (Å²) in [4.78, 5) is 0. The summed E-state index contributed by atoms with van der Waals surface area (Å²) in [5, 5.41) is 0. The number of hydrogen-bond acceptors (Lipinski definition) is 3. The predicted octanol–water partition coefficient (Wildman–Crippen LogP) is 2.41. The molecule has 1 atom stereocenters. The lowest BCUT2D eigenvalue weighted by Gasteiger charge is -2.08. The molecule has 1 aromatic carbocycles. The molecule has 1 aliphatic rings. The molecule has 2 nitrogen and oxygen atoms in total. The van der Waals surface area contributed by atoms with Gasteiger partial charge in [-0.3, -0.25) is 0 Å². The van der Waals surface area contributed by atoms with Crippen molar-refractivity contribution < 1.29 is 4.74 Å². The highest BCUT2D eigenvalue weighted by molar-refractivity contribution is 7.98. The van der Waals surface area contributed by atoms with Crippen LogP contribution < -0.4 is 5.73 Å². The Morgan fingerprint density at radius 1 is 1.33 bits per heavy atom. The Kier molecular flexibility index (Phi) is 5.60. The first kappa shape index (κ1) is 13.5. The lowest BCUT2D eigenvalue weighted by atomic mass is 10.1. The molecule has 0 radical (unpaired) electrons. The molecule has 0 spiro atoms. The van der Waals surface area contributed by atoms with E-state index in [1.54, 1.807) is 0 Å². The molecule has 2 N–H and O–H groups in total. The molecule has 96 valence electrons. The van der Waals surface area contributed by atoms with Crippen molar-refractivity contribution in [3.8, 4) is 11.8 Å². The van der Waals surface area contributed by atoms with Gasteiger partial charge in [-0.2, -0.15) is 11.8 Å². The highest BCUT2D eigenvalue weighted by Crippen LogP contribution is 2.20. The Labute approximate surface area is 113 Å². The molecular weight excluding hydrogens is 242 g/mol. The van der Waals surface area contributed by atoms with Crippen LogP contribution in [-0.4, -0.2) is 25.0 Å². The highest BCUT2D eigenvalue weighted by Gasteiger charge is 2.14. The molecule has 0 bridgehead atoms. The molecule has 1 heterocycles. The summed E-state index contributed by atoms with van der Waals surface area (Å²) in [7, 11) is 0. The summed E-state index contributed by atoms with van der Waals surface area (Å²) in [6.07, 6.45) is 2.92. The normalized spacial score (nSPS) is 18.4. The molecule has 0 saturated carbocycles. The van der Waals surface area contributed by atoms with Crippen LogP contribution in [0.15, 0.2) is 24.3 Å². The van der Waals surface area contributed by atoms with Gasteiger partial charge in [0.05, 0.1) is 12.6 Å². The van der Waals surface area contributed by atoms with Crippen LogP contribution in [0.3, 0.4) is 0 Å². The van der Waals surface area contributed by atoms with E-state index < -0.39 is 0 Å². The Morgan fingerprint density at radius 3 is 2.83 bits per heavy atom. The number of ether oxygens (including phenoxy) is 1. The van der Waals surface area contributed by atoms with E-state index >= 15 is 0 Å². The van der Waals surface area contributed by atoms with E-state index in [2.05, 4.69) is 36.1 Å². The van der Waals surface area contributed by atoms with E-state index in [1.807, 2.05) is 11.8 Å². The number of benzene rings is 1. The third-order valence-electron chi connectivity index (χ3n) is 2.89. The van der Waals surface area contributed by atoms with Crippen LogP contribution in [0.2, 0.25) is 0 Å². The zero-order valence-corrected chi connectivity index (χ0v) is 11.3. The Balaban J connectivity index is 1.75. The summed E-state index contributed by atoms with van der Waals surface area (Å²) in [5.41, 5.74) is 7.72. The molecular formula is C15H19NOS. The topological polar surface area (TPSA) is 35.2 Å². The van der Waals surface area contributed by atoms with Gasteiger partial charge < -0.3 is 10.5 Å². The predicted molar refractivity (Wildman–Crippen MR) is 77.5 cm³/mol. The molecule has 1 unspecified atom stereocenters. The largest absolute Gasteiger partial charge is 0.377 e. The smallest absolute Gasteiger partial charge is 0.0666 e. The zero-order valence-electron chi connectivity index (χ0n) is 10.5. The number of hydrogen-bond donors (Lipinski definition) is 1. The first-order valence-corrected chi connectivity index (χ1v) is 7.51. The van der Waals surface area contributed by atoms with Crippen LogP contribution in [-0.2, 0) is 10.5 Å². The number of nitrogens with two attached hydrogens (primary N) is 1. The zero-order chi connectivity index (χ0) is 12.6. The molecule has 0 aliphatic carbocycles. The summed E-state index contributed by atoms with van der Waals surface area (Å²) in [6, 6.07) is 8.40. The first-order valence-electron chi connectivity index (χ1n) is 6.35. The number of thioether (sulfide) groups is 1. The Bertz CT molecular complexity index is 412. The molecule has 0 amide bonds. The second-order valence-corrected chi connectivity index (χ2v) is 5.38. The minimum atomic E-state index is 0.416. The second-order valence-electron chi connectivity index (χ2n) is 4.35. The van der Waals surface area contributed by atoms with Crippen LogP contribution in [0.1, 0.15) is 24.0 Å². The summed E-state index contributed by atoms with van der Waals surface area (Å²) in [6.45, 7) is 1.36. The van der Waals surface area contributed by atoms with Crippen molar-refractivity contribution in [2.45, 2.75) is 24.7 Å². The van der Waals surface area contributed by atoms with Gasteiger partial charge in [0.2, 0.25) is 0 Å². The molecule has 1 saturated heterocycles. The van der Waals surface area contributed by atoms with Crippen molar-refractivity contribution >= 4 is 11.8 Å². The van der Waals surface area contributed by atoms with Gasteiger partial charge in [0.15, 0.2) is 0 Å². The SMILES string of the molecule is NCC#Cc1ccc(CSCC2CCCO2)cc1. The fourth-order valence-corrected chi connectivity index (χ4v) is 2.99. The van der Waals surface area contributed by atoms with Gasteiger partial charge in [-0.15, -0.1) is 0 Å². The summed E-state index contributed by atoms with van der Waals surface area (Å²) < 4.78 is 5.60. The maximum atomic E-state index is 5.60. The molecule has 1 aromatic rings. The van der Waals surface area contributed by atoms with Crippen LogP contribution in [0.25, 0.3) is 0 Å². The summed E-state index contributed by atoms with van der Waals surface area (Å²) in [5.74, 6) is 8.04. The fourth-order valence-electron chi connectivity index (χ4n) is 1.92. The van der Waals surface area contributed by atoms with E-state index in [0.29, 0.717) is 12.6 Å². The molecule has 0 aromatic heterocycles. The quantitative estimate of drug-likeness (QED) is 0.845. The van der Waals surface area contributed by atoms with E-state index in [-0.39, 0.29) is 0 Å². The van der Waals surface area contributed by atoms with Crippen molar-refractivity contribution in [3.05, 3.63) is 35.4 Å². The minimum absolute atomic E-state index is 0.416. The molecule has 18 heavy (non-hydrogen) atoms. The average molecular weight is 261 g/mol. The van der Waals surface area contributed by atoms with E-state index in [0.717, 1.165) is 23.7 Å². The lowest BCUT2D eigenvalue weighted by Crippen LogP contribution is -2.07. The summed E-state index contributed by atoms with van der Waals surface area (Å²) >= 11 is 1.95. The molecule has 3 heteroatoms. The van der Waals surface area contributed by atoms with Gasteiger partial charge in [-0.25, -0.2) is 0 Å². The van der Waals surface area contributed by atoms with Gasteiger partial charge in [0.1, 0.15) is 0 Å². The van der Waals surface area contributed by atoms with Crippen LogP contribution in [0.5, 0.6) is 0 Å². The van der Waals surface area contributed by atoms with E-state index in [9.17, 15) is 0 Å². The van der Waals surface area contributed by atoms with Crippen molar-refractivity contribution in [2.24, 2.45) is 5.73 Å². The molecule has 1 fully saturated rings. The first-order chi connectivity index (χ1) is 8.88. The van der Waals surface area contributed by atoms with Gasteiger partial charge in [-0.05, 0) is 30.5 Å². The van der Waals surface area contributed by atoms with E-state index in [4.69, 9.17) is 10.5 Å². The third-order valence-corrected chi connectivity index (χ3v) is 4.03. The standard InChI is InChI=1S/C15H19NOS/c16-9-1-3-13-5-7-14(8-6-13)11-18-12-15-4-2-10-17-15/h5-8,15H,2,4,9-12,16H2. The lowest BCUT2D eigenvalue weighted by molar-refractivity contribution is 0.129. The molecule has 2 rings (SSSR count). The van der Waals surface area contributed by atoms with Gasteiger partial charge in [0, 0.05) is 23.7 Å². The molecule has 1 aliphatic heterocycles. The van der Waals surface area contributed by atoms with Gasteiger partial charge in [0.25, 0.3) is 0 Å². The van der Waals surface area contributed by atoms with Crippen LogP contribution in [0, 0.1) is 11.8 Å². The van der Waals surface area contributed by atoms with E-state index in [1.165, 1.54) is 18.4 Å². The fraction of sp³-hybridized carbons (Fsp3) is 0.467. The maximum Gasteiger partial charge on any atom is 0.0666 e. The van der Waals surface area contributed by atoms with Crippen molar-refractivity contribution in [1.29, 1.82) is 0 Å². The highest BCUT2D eigenvalue weighted by atomic mass is 32.2. The van der Waals surface area contributed by atoms with Gasteiger partial charge in [-0.1, -0.05) is 24.0 Å². The van der Waals surface area contributed by atoms with Crippen molar-refractivity contribution in [1.82, 2.24) is 0 Å². The minimum Gasteiger partial charge on any atom is -0.377 e. The van der Waals surface area contributed by atoms with Crippen molar-refractivity contribution in [3.63, 3.8) is 0 Å². The van der Waals surface area contributed by atoms with Gasteiger partial charge >= 0.3 is 0 Å². The Hall–Kier alpha value is -0.950. The third kappa shape index (κ3) is 4.38. The maximum absolute atomic E-state index is 5.60. The van der Waals surface area contributed by atoms with Crippen LogP contribution in [0.4, 0.5) is 0 Å². The van der Waals surface area contributed by atoms with Crippen LogP contribution >= 0.6 is 11.8 Å². The second kappa shape index (κ2) is 7.48. The van der Waals surface area contributed by atoms with Crippen molar-refractivity contribution in [2.75, 3.05) is 18.9 Å². The number of rotatable bonds is 4. The monoisotopic (exact) mass is 261 g/mol.